The highest BCUT2D eigenvalue weighted by Gasteiger charge is 2.49. The molecule has 45 nitrogen and oxygen atoms in total. The third-order valence-corrected chi connectivity index (χ3v) is 20.6. The number of nitrogens with one attached hydrogen (secondary N) is 9. The van der Waals surface area contributed by atoms with Crippen molar-refractivity contribution in [1.82, 2.24) is 83.2 Å². The quantitative estimate of drug-likeness (QED) is 0.00650. The van der Waals surface area contributed by atoms with E-state index in [0.29, 0.717) is 56.3 Å². The largest absolute Gasteiger partial charge is 0.420 e. The summed E-state index contributed by atoms with van der Waals surface area (Å²) in [6.07, 6.45) is -5.49. The summed E-state index contributed by atoms with van der Waals surface area (Å²) in [7, 11) is 0. The molecule has 1 unspecified atom stereocenters. The first kappa shape index (κ1) is 106. The van der Waals surface area contributed by atoms with Crippen molar-refractivity contribution in [3.63, 3.8) is 0 Å². The zero-order valence-corrected chi connectivity index (χ0v) is 71.8. The van der Waals surface area contributed by atoms with Crippen LogP contribution in [0.25, 0.3) is 0 Å². The average molecular weight is 1840 g/mol. The molecule has 724 valence electrons. The molecule has 3 aromatic rings. The van der Waals surface area contributed by atoms with E-state index >= 15 is 0 Å². The van der Waals surface area contributed by atoms with E-state index in [1.54, 1.807) is 6.20 Å². The number of unbranched alkanes of at least 4 members (excludes halogenated alkanes) is 7. The van der Waals surface area contributed by atoms with Crippen molar-refractivity contribution in [2.45, 2.75) is 228 Å². The minimum absolute atomic E-state index is 0.0131. The maximum Gasteiger partial charge on any atom is 0.311 e. The SMILES string of the molecule is CC(=O)N[C@@H]1[C@@H](O)[C@@H](O)[C@@H](CO)O[C@@H]1C1=CN(COCCOCCOCCNC(=O)CCC(CCC(=O)NCCOCCOCCOCn2cc([C@H]3OC[C@H](O)[C@H](O)[C@H]3NC(C)=O)nn2)(CCC(=O)NCCOCCOCCOCn2cc([C@H]3O[C@H](CO)[C@H](O)[C@H](O)[C@H]3NC(C)=O)nn2)NC(=O)CCCCCCCCCCC(=O)Oc2c(F)c(F)c(F)c(F)c2F)NN1. The van der Waals surface area contributed by atoms with Gasteiger partial charge in [0.15, 0.2) is 0 Å². The Morgan fingerprint density at radius 3 is 1.27 bits per heavy atom. The summed E-state index contributed by atoms with van der Waals surface area (Å²) in [5.74, 6) is -17.4. The first-order chi connectivity index (χ1) is 61.5. The topological polar surface area (TPSA) is 591 Å². The molecule has 50 heteroatoms. The van der Waals surface area contributed by atoms with Crippen LogP contribution in [0.4, 0.5) is 22.0 Å². The molecule has 3 saturated heterocycles. The molecule has 1 aromatic carbocycles. The Morgan fingerprint density at radius 1 is 0.453 bits per heavy atom. The second-order valence-corrected chi connectivity index (χ2v) is 30.5. The van der Waals surface area contributed by atoms with Gasteiger partial charge in [0.2, 0.25) is 76.2 Å². The Morgan fingerprint density at radius 2 is 0.828 bits per heavy atom. The number of aromatic nitrogens is 6. The van der Waals surface area contributed by atoms with Crippen molar-refractivity contribution < 1.29 is 163 Å². The van der Waals surface area contributed by atoms with Crippen molar-refractivity contribution in [2.75, 3.05) is 145 Å². The molecule has 0 saturated carbocycles. The fraction of sp³-hybridized carbons (Fsp3) is 0.744. The third kappa shape index (κ3) is 36.3. The Bertz CT molecular complexity index is 3880. The lowest BCUT2D eigenvalue weighted by Gasteiger charge is -2.42. The van der Waals surface area contributed by atoms with Gasteiger partial charge in [-0.2, -0.15) is 8.78 Å². The van der Waals surface area contributed by atoms with Crippen LogP contribution < -0.4 is 52.9 Å². The lowest BCUT2D eigenvalue weighted by molar-refractivity contribution is -0.198. The number of hydrogen-bond donors (Lipinski definition) is 17. The average Bonchev–Trinajstić information content (AvgIpc) is 1.41. The molecule has 0 aliphatic carbocycles. The fourth-order valence-corrected chi connectivity index (χ4v) is 13.9. The van der Waals surface area contributed by atoms with Crippen LogP contribution in [0, 0.1) is 29.1 Å². The van der Waals surface area contributed by atoms with Gasteiger partial charge in [-0.05, 0) is 32.1 Å². The molecule has 4 aliphatic heterocycles. The third-order valence-electron chi connectivity index (χ3n) is 20.6. The smallest absolute Gasteiger partial charge is 0.311 e. The predicted octanol–water partition coefficient (Wildman–Crippen LogP) is -3.55. The Labute approximate surface area is 734 Å². The Kier molecular flexibility index (Phi) is 47.9. The number of nitrogens with zero attached hydrogens (tertiary/aromatic N) is 7. The molecule has 0 radical (unpaired) electrons. The van der Waals surface area contributed by atoms with E-state index in [0.717, 1.165) is 0 Å². The molecule has 3 fully saturated rings. The fourth-order valence-electron chi connectivity index (χ4n) is 13.9. The molecule has 4 aliphatic rings. The number of carbonyl (C=O) groups is 8. The number of hydrazine groups is 2. The van der Waals surface area contributed by atoms with Gasteiger partial charge in [0.1, 0.15) is 98.7 Å². The van der Waals surface area contributed by atoms with Gasteiger partial charge >= 0.3 is 5.97 Å². The van der Waals surface area contributed by atoms with Crippen LogP contribution in [0.5, 0.6) is 5.75 Å². The van der Waals surface area contributed by atoms with Crippen LogP contribution in [0.15, 0.2) is 24.3 Å². The molecular formula is C78H123F5N16O29. The number of halogens is 5. The van der Waals surface area contributed by atoms with Crippen molar-refractivity contribution in [1.29, 1.82) is 0 Å². The predicted molar refractivity (Wildman–Crippen MR) is 428 cm³/mol. The van der Waals surface area contributed by atoms with E-state index in [1.807, 2.05) is 0 Å². The van der Waals surface area contributed by atoms with Gasteiger partial charge in [0.05, 0.1) is 155 Å². The summed E-state index contributed by atoms with van der Waals surface area (Å²) < 4.78 is 144. The minimum atomic E-state index is -2.39. The maximum absolute atomic E-state index is 14.1. The minimum Gasteiger partial charge on any atom is -0.420 e. The number of hydrogen-bond acceptors (Lipinski definition) is 36. The van der Waals surface area contributed by atoms with Crippen molar-refractivity contribution in [2.24, 2.45) is 0 Å². The van der Waals surface area contributed by atoms with Gasteiger partial charge in [-0.15, -0.1) is 15.7 Å². The summed E-state index contributed by atoms with van der Waals surface area (Å²) in [6, 6.07) is -3.11. The number of esters is 1. The van der Waals surface area contributed by atoms with Gasteiger partial charge in [0.25, 0.3) is 0 Å². The van der Waals surface area contributed by atoms with Crippen molar-refractivity contribution >= 4 is 47.3 Å². The van der Waals surface area contributed by atoms with Crippen LogP contribution in [0.3, 0.4) is 0 Å². The number of aliphatic hydroxyl groups excluding tert-OH is 8. The maximum atomic E-state index is 14.1. The summed E-state index contributed by atoms with van der Waals surface area (Å²) in [4.78, 5) is 103. The van der Waals surface area contributed by atoms with Gasteiger partial charge in [-0.1, -0.05) is 49.0 Å². The second kappa shape index (κ2) is 57.6. The van der Waals surface area contributed by atoms with Crippen molar-refractivity contribution in [3.8, 4) is 5.75 Å². The molecule has 7 rings (SSSR count). The lowest BCUT2D eigenvalue weighted by Crippen LogP contribution is -2.65. The van der Waals surface area contributed by atoms with Crippen molar-refractivity contribution in [3.05, 3.63) is 64.8 Å². The lowest BCUT2D eigenvalue weighted by atomic mass is 9.82. The molecule has 2 aromatic heterocycles. The van der Waals surface area contributed by atoms with E-state index in [9.17, 15) is 101 Å². The number of rotatable bonds is 63. The zero-order valence-electron chi connectivity index (χ0n) is 71.8. The van der Waals surface area contributed by atoms with E-state index < -0.39 is 186 Å². The van der Waals surface area contributed by atoms with Gasteiger partial charge in [0, 0.05) is 84.2 Å². The molecule has 0 spiro atoms. The first-order valence-electron chi connectivity index (χ1n) is 42.4. The van der Waals surface area contributed by atoms with Crippen LogP contribution in [0.1, 0.15) is 147 Å². The number of aliphatic hydroxyl groups is 8. The van der Waals surface area contributed by atoms with Crippen LogP contribution in [-0.4, -0.2) is 347 Å². The van der Waals surface area contributed by atoms with E-state index in [1.165, 1.54) is 47.5 Å². The molecule has 0 bridgehead atoms. The Balaban J connectivity index is 0.869. The van der Waals surface area contributed by atoms with Gasteiger partial charge in [-0.25, -0.2) is 22.5 Å². The molecule has 7 amide bonds. The summed E-state index contributed by atoms with van der Waals surface area (Å²) >= 11 is 0. The molecular weight excluding hydrogens is 1720 g/mol. The Hall–Kier alpha value is -8.59. The number of carbonyl (C=O) groups excluding carboxylic acids is 8. The van der Waals surface area contributed by atoms with Gasteiger partial charge in [-0.3, -0.25) is 43.4 Å². The number of amides is 7. The van der Waals surface area contributed by atoms with Crippen LogP contribution >= 0.6 is 0 Å². The van der Waals surface area contributed by atoms with E-state index in [2.05, 4.69) is 73.5 Å². The zero-order chi connectivity index (χ0) is 92.9. The molecule has 15 atom stereocenters. The van der Waals surface area contributed by atoms with Gasteiger partial charge < -0.3 is 145 Å². The number of ether oxygens (including phenoxy) is 13. The normalized spacial score (nSPS) is 22.7. The van der Waals surface area contributed by atoms with E-state index in [4.69, 9.17) is 56.8 Å². The standard InChI is InChI=1S/C78H123F5N16O29/c1-47(102)87-66-69(111)53(105)43-125-74(66)50-38-97(94-91-50)44-122-35-32-119-29-26-116-23-20-84-56(106)14-17-78(90-59(109)12-10-8-6-4-5-7-9-11-13-60(110)128-77-64(82)62(80)61(79)63(81)65(77)83,18-15-57(107)85-21-24-117-27-30-120-33-36-123-45-98-39-51(92-95-98)75-67(88-48(2)103)72(114)70(112)54(41-100)126-75)19-16-58(108)86-22-25-118-28-31-121-34-37-124-46-99-40-52(93-96-99)76-68(89-49(3)104)73(115)71(113)55(42-101)127-76/h38-40,53-55,66-76,92,95,100-101,105,111-115H,4-37,41-46H2,1-3H3,(H,84,106)(H,85,107)(H,86,108)(H,87,102)(H,88,103)(H,89,104)(H,90,109)/t53-,54+,55+,66+,67+,68+,69-,70-,71-,72+,73+,74+,75+,76+,78?/m0/s1. The second-order valence-electron chi connectivity index (χ2n) is 30.5. The van der Waals surface area contributed by atoms with Crippen LogP contribution in [0.2, 0.25) is 0 Å². The first-order valence-corrected chi connectivity index (χ1v) is 42.4. The monoisotopic (exact) mass is 1840 g/mol. The summed E-state index contributed by atoms with van der Waals surface area (Å²) in [5, 5.41) is 119. The number of benzene rings is 1. The molecule has 128 heavy (non-hydrogen) atoms. The summed E-state index contributed by atoms with van der Waals surface area (Å²) in [6.45, 7) is 4.57. The van der Waals surface area contributed by atoms with E-state index in [-0.39, 0.29) is 209 Å². The highest BCUT2D eigenvalue weighted by molar-refractivity contribution is 5.80. The van der Waals surface area contributed by atoms with Crippen LogP contribution in [-0.2, 0) is 109 Å². The highest BCUT2D eigenvalue weighted by atomic mass is 19.2. The molecule has 6 heterocycles. The highest BCUT2D eigenvalue weighted by Crippen LogP contribution is 2.35. The summed E-state index contributed by atoms with van der Waals surface area (Å²) in [5.41, 5.74) is 5.30. The molecule has 17 N–H and O–H groups in total.